The van der Waals surface area contributed by atoms with Crippen molar-refractivity contribution in [3.05, 3.63) is 35.9 Å². The Kier molecular flexibility index (Phi) is 12.1. The van der Waals surface area contributed by atoms with Crippen molar-refractivity contribution in [1.29, 1.82) is 0 Å². The molecule has 6 nitrogen and oxygen atoms in total. The predicted molar refractivity (Wildman–Crippen MR) is 125 cm³/mol. The van der Waals surface area contributed by atoms with Crippen LogP contribution in [0.5, 0.6) is 0 Å². The summed E-state index contributed by atoms with van der Waals surface area (Å²) in [5.41, 5.74) is 1.53. The summed E-state index contributed by atoms with van der Waals surface area (Å²) >= 11 is 0. The zero-order chi connectivity index (χ0) is 19.4. The molecule has 0 radical (unpaired) electrons. The van der Waals surface area contributed by atoms with Gasteiger partial charge in [-0.05, 0) is 43.6 Å². The number of rotatable bonds is 11. The molecule has 1 amide bonds. The molecule has 0 saturated heterocycles. The summed E-state index contributed by atoms with van der Waals surface area (Å²) in [7, 11) is 1.75. The maximum atomic E-state index is 12.1. The van der Waals surface area contributed by atoms with Crippen molar-refractivity contribution in [3.63, 3.8) is 0 Å². The van der Waals surface area contributed by atoms with Crippen LogP contribution in [-0.2, 0) is 16.0 Å². The molecule has 0 atom stereocenters. The average molecular weight is 502 g/mol. The Balaban J connectivity index is 0.00000392. The molecule has 0 aliphatic heterocycles. The van der Waals surface area contributed by atoms with Crippen molar-refractivity contribution in [2.45, 2.75) is 39.0 Å². The summed E-state index contributed by atoms with van der Waals surface area (Å²) < 4.78 is 5.25. The summed E-state index contributed by atoms with van der Waals surface area (Å²) in [5.74, 6) is 0.653. The number of nitrogens with zero attached hydrogens (tertiary/aromatic N) is 1. The van der Waals surface area contributed by atoms with Crippen LogP contribution < -0.4 is 16.0 Å². The maximum Gasteiger partial charge on any atom is 0.241 e. The highest BCUT2D eigenvalue weighted by Gasteiger charge is 2.36. The Hall–Kier alpha value is -1.35. The summed E-state index contributed by atoms with van der Waals surface area (Å²) in [5, 5.41) is 9.57. The van der Waals surface area contributed by atoms with Gasteiger partial charge in [0.2, 0.25) is 5.91 Å². The van der Waals surface area contributed by atoms with Gasteiger partial charge in [0, 0.05) is 33.4 Å². The number of hydrogen-bond acceptors (Lipinski definition) is 3. The van der Waals surface area contributed by atoms with Gasteiger partial charge < -0.3 is 20.7 Å². The zero-order valence-corrected chi connectivity index (χ0v) is 19.5. The lowest BCUT2D eigenvalue weighted by molar-refractivity contribution is -0.119. The second-order valence-electron chi connectivity index (χ2n) is 7.23. The normalized spacial score (nSPS) is 15.1. The van der Waals surface area contributed by atoms with Crippen molar-refractivity contribution in [3.8, 4) is 0 Å². The van der Waals surface area contributed by atoms with Crippen LogP contribution in [0.2, 0.25) is 0 Å². The molecule has 1 aliphatic carbocycles. The van der Waals surface area contributed by atoms with Gasteiger partial charge in [-0.15, -0.1) is 24.0 Å². The summed E-state index contributed by atoms with van der Waals surface area (Å²) in [6, 6.07) is 10.2. The zero-order valence-electron chi connectivity index (χ0n) is 17.1. The molecule has 7 heteroatoms. The van der Waals surface area contributed by atoms with Crippen LogP contribution in [0, 0.1) is 5.41 Å². The number of aliphatic imine (C=N–C) groups is 1. The quantitative estimate of drug-likeness (QED) is 0.247. The maximum absolute atomic E-state index is 12.1. The van der Waals surface area contributed by atoms with Gasteiger partial charge in [0.1, 0.15) is 6.54 Å². The van der Waals surface area contributed by atoms with E-state index < -0.39 is 0 Å². The topological polar surface area (TPSA) is 74.8 Å². The first-order valence-electron chi connectivity index (χ1n) is 9.99. The van der Waals surface area contributed by atoms with Crippen molar-refractivity contribution >= 4 is 35.8 Å². The molecule has 0 bridgehead atoms. The lowest BCUT2D eigenvalue weighted by Gasteiger charge is -2.42. The van der Waals surface area contributed by atoms with E-state index in [1.807, 2.05) is 25.1 Å². The third-order valence-corrected chi connectivity index (χ3v) is 5.19. The third kappa shape index (κ3) is 8.77. The first kappa shape index (κ1) is 24.7. The van der Waals surface area contributed by atoms with Crippen molar-refractivity contribution in [2.24, 2.45) is 10.4 Å². The SMILES string of the molecule is CCNC(=NCC(=O)NCCc1ccccc1)NCC1(CCOC)CCC1.I. The van der Waals surface area contributed by atoms with E-state index in [9.17, 15) is 4.79 Å². The monoisotopic (exact) mass is 502 g/mol. The standard InChI is InChI=1S/C21H34N4O2.HI/c1-3-22-20(25-17-21(11-7-12-21)13-15-27-2)24-16-19(26)23-14-10-18-8-5-4-6-9-18;/h4-6,8-9H,3,7,10-17H2,1-2H3,(H,23,26)(H2,22,24,25);1H. The van der Waals surface area contributed by atoms with E-state index in [4.69, 9.17) is 4.74 Å². The van der Waals surface area contributed by atoms with Crippen LogP contribution >= 0.6 is 24.0 Å². The molecule has 1 aliphatic rings. The van der Waals surface area contributed by atoms with Crippen molar-refractivity contribution < 1.29 is 9.53 Å². The molecule has 28 heavy (non-hydrogen) atoms. The number of guanidine groups is 1. The Morgan fingerprint density at radius 2 is 1.93 bits per heavy atom. The molecule has 158 valence electrons. The van der Waals surface area contributed by atoms with E-state index >= 15 is 0 Å². The molecular weight excluding hydrogens is 467 g/mol. The second-order valence-corrected chi connectivity index (χ2v) is 7.23. The highest BCUT2D eigenvalue weighted by molar-refractivity contribution is 14.0. The van der Waals surface area contributed by atoms with Crippen LogP contribution in [0.3, 0.4) is 0 Å². The molecule has 0 heterocycles. The molecule has 1 fully saturated rings. The van der Waals surface area contributed by atoms with E-state index in [0.29, 0.717) is 17.9 Å². The van der Waals surface area contributed by atoms with E-state index in [2.05, 4.69) is 33.1 Å². The van der Waals surface area contributed by atoms with E-state index in [-0.39, 0.29) is 36.4 Å². The number of ether oxygens (including phenoxy) is 1. The minimum atomic E-state index is -0.0547. The largest absolute Gasteiger partial charge is 0.385 e. The summed E-state index contributed by atoms with van der Waals surface area (Å²) in [4.78, 5) is 16.5. The van der Waals surface area contributed by atoms with Crippen molar-refractivity contribution in [1.82, 2.24) is 16.0 Å². The number of halogens is 1. The minimum Gasteiger partial charge on any atom is -0.385 e. The number of carbonyl (C=O) groups is 1. The highest BCUT2D eigenvalue weighted by Crippen LogP contribution is 2.43. The van der Waals surface area contributed by atoms with Crippen LogP contribution in [-0.4, -0.2) is 51.8 Å². The molecule has 3 N–H and O–H groups in total. The second kappa shape index (κ2) is 13.8. The van der Waals surface area contributed by atoms with Crippen LogP contribution in [0.1, 0.15) is 38.2 Å². The van der Waals surface area contributed by atoms with E-state index in [0.717, 1.165) is 32.5 Å². The van der Waals surface area contributed by atoms with Crippen LogP contribution in [0.15, 0.2) is 35.3 Å². The van der Waals surface area contributed by atoms with E-state index in [1.54, 1.807) is 7.11 Å². The smallest absolute Gasteiger partial charge is 0.241 e. The first-order chi connectivity index (χ1) is 13.2. The fourth-order valence-corrected chi connectivity index (χ4v) is 3.32. The highest BCUT2D eigenvalue weighted by atomic mass is 127. The molecule has 0 spiro atoms. The molecule has 0 unspecified atom stereocenters. The van der Waals surface area contributed by atoms with Gasteiger partial charge >= 0.3 is 0 Å². The van der Waals surface area contributed by atoms with Crippen LogP contribution in [0.4, 0.5) is 0 Å². The third-order valence-electron chi connectivity index (χ3n) is 5.19. The number of methoxy groups -OCH3 is 1. The lowest BCUT2D eigenvalue weighted by atomic mass is 9.67. The molecule has 1 aromatic rings. The predicted octanol–water partition coefficient (Wildman–Crippen LogP) is 2.73. The Bertz CT molecular complexity index is 591. The fourth-order valence-electron chi connectivity index (χ4n) is 3.32. The lowest BCUT2D eigenvalue weighted by Crippen LogP contribution is -2.47. The van der Waals surface area contributed by atoms with Gasteiger partial charge in [0.05, 0.1) is 0 Å². The van der Waals surface area contributed by atoms with Gasteiger partial charge in [-0.3, -0.25) is 4.79 Å². The molecule has 2 rings (SSSR count). The van der Waals surface area contributed by atoms with Crippen LogP contribution in [0.25, 0.3) is 0 Å². The van der Waals surface area contributed by atoms with Gasteiger partial charge in [-0.25, -0.2) is 4.99 Å². The molecular formula is C21H35IN4O2. The Morgan fingerprint density at radius 3 is 2.54 bits per heavy atom. The average Bonchev–Trinajstić information content (AvgIpc) is 2.65. The summed E-state index contributed by atoms with van der Waals surface area (Å²) in [6.07, 6.45) is 5.63. The number of nitrogens with one attached hydrogen (secondary N) is 3. The number of carbonyl (C=O) groups excluding carboxylic acids is 1. The molecule has 1 aromatic carbocycles. The number of hydrogen-bond donors (Lipinski definition) is 3. The number of benzene rings is 1. The Morgan fingerprint density at radius 1 is 1.18 bits per heavy atom. The van der Waals surface area contributed by atoms with Crippen molar-refractivity contribution in [2.75, 3.05) is 39.9 Å². The van der Waals surface area contributed by atoms with Gasteiger partial charge in [-0.2, -0.15) is 0 Å². The van der Waals surface area contributed by atoms with Gasteiger partial charge in [-0.1, -0.05) is 36.8 Å². The van der Waals surface area contributed by atoms with Gasteiger partial charge in [0.25, 0.3) is 0 Å². The fraction of sp³-hybridized carbons (Fsp3) is 0.619. The van der Waals surface area contributed by atoms with E-state index in [1.165, 1.54) is 24.8 Å². The summed E-state index contributed by atoms with van der Waals surface area (Å²) in [6.45, 7) is 5.22. The first-order valence-corrected chi connectivity index (χ1v) is 9.99. The minimum absolute atomic E-state index is 0. The number of amides is 1. The van der Waals surface area contributed by atoms with Gasteiger partial charge in [0.15, 0.2) is 5.96 Å². The molecule has 1 saturated carbocycles. The Labute approximate surface area is 186 Å². The molecule has 0 aromatic heterocycles.